The summed E-state index contributed by atoms with van der Waals surface area (Å²) in [5, 5.41) is 2.83. The summed E-state index contributed by atoms with van der Waals surface area (Å²) in [6.07, 6.45) is 0. The minimum absolute atomic E-state index is 0.104. The lowest BCUT2D eigenvalue weighted by atomic mass is 10.1. The number of thiophene rings is 1. The maximum Gasteiger partial charge on any atom is 0.261 e. The lowest BCUT2D eigenvalue weighted by Gasteiger charge is -2.12. The predicted molar refractivity (Wildman–Crippen MR) is 116 cm³/mol. The van der Waals surface area contributed by atoms with Crippen LogP contribution in [0.5, 0.6) is 0 Å². The van der Waals surface area contributed by atoms with Crippen LogP contribution in [0, 0.1) is 13.8 Å². The first kappa shape index (κ1) is 20.6. The van der Waals surface area contributed by atoms with Gasteiger partial charge in [-0.2, -0.15) is 0 Å². The average Bonchev–Trinajstić information content (AvgIpc) is 3.09. The van der Waals surface area contributed by atoms with E-state index in [1.165, 1.54) is 24.3 Å². The van der Waals surface area contributed by atoms with Crippen LogP contribution in [-0.4, -0.2) is 14.3 Å². The van der Waals surface area contributed by atoms with E-state index in [4.69, 9.17) is 0 Å². The number of benzene rings is 2. The van der Waals surface area contributed by atoms with Gasteiger partial charge in [0.1, 0.15) is 0 Å². The Morgan fingerprint density at radius 1 is 1.04 bits per heavy atom. The van der Waals surface area contributed by atoms with Crippen LogP contribution in [0.1, 0.15) is 26.4 Å². The fraction of sp³-hybridized carbons (Fsp3) is 0.150. The van der Waals surface area contributed by atoms with Gasteiger partial charge < -0.3 is 5.32 Å². The van der Waals surface area contributed by atoms with Crippen molar-refractivity contribution in [1.29, 1.82) is 0 Å². The molecule has 0 fully saturated rings. The van der Waals surface area contributed by atoms with Crippen molar-refractivity contribution in [2.24, 2.45) is 0 Å². The number of aryl methyl sites for hydroxylation is 1. The largest absolute Gasteiger partial charge is 0.347 e. The SMILES string of the molecule is Cc1cccc(NS(=O)(=O)c2ccc(C(=O)NCc3ccc(Br)s3)cc2)c1C. The topological polar surface area (TPSA) is 75.3 Å². The van der Waals surface area contributed by atoms with Gasteiger partial charge >= 0.3 is 0 Å². The highest BCUT2D eigenvalue weighted by Crippen LogP contribution is 2.23. The van der Waals surface area contributed by atoms with E-state index in [0.29, 0.717) is 17.8 Å². The van der Waals surface area contributed by atoms with Crippen LogP contribution < -0.4 is 10.0 Å². The first-order chi connectivity index (χ1) is 13.3. The third kappa shape index (κ3) is 4.81. The van der Waals surface area contributed by atoms with Crippen LogP contribution in [0.25, 0.3) is 0 Å². The maximum absolute atomic E-state index is 12.6. The van der Waals surface area contributed by atoms with Crippen molar-refractivity contribution in [3.8, 4) is 0 Å². The number of anilines is 1. The standard InChI is InChI=1S/C20H19BrN2O3S2/c1-13-4-3-5-18(14(13)2)23-28(25,26)17-9-6-15(7-10-17)20(24)22-12-16-8-11-19(21)27-16/h3-11,23H,12H2,1-2H3,(H,22,24). The van der Waals surface area contributed by atoms with Gasteiger partial charge in [-0.25, -0.2) is 8.42 Å². The number of hydrogen-bond donors (Lipinski definition) is 2. The number of nitrogens with one attached hydrogen (secondary N) is 2. The van der Waals surface area contributed by atoms with E-state index >= 15 is 0 Å². The molecule has 0 bridgehead atoms. The van der Waals surface area contributed by atoms with Crippen molar-refractivity contribution in [2.45, 2.75) is 25.3 Å². The number of amides is 1. The molecule has 1 heterocycles. The van der Waals surface area contributed by atoms with Crippen LogP contribution in [-0.2, 0) is 16.6 Å². The molecule has 0 radical (unpaired) electrons. The molecule has 2 N–H and O–H groups in total. The lowest BCUT2D eigenvalue weighted by Crippen LogP contribution is -2.22. The molecule has 0 saturated heterocycles. The zero-order chi connectivity index (χ0) is 20.3. The van der Waals surface area contributed by atoms with Gasteiger partial charge in [-0.15, -0.1) is 11.3 Å². The summed E-state index contributed by atoms with van der Waals surface area (Å²) in [7, 11) is -3.73. The van der Waals surface area contributed by atoms with Gasteiger partial charge in [-0.05, 0) is 83.4 Å². The summed E-state index contributed by atoms with van der Waals surface area (Å²) in [5.41, 5.74) is 2.83. The third-order valence-corrected chi connectivity index (χ3v) is 7.33. The molecule has 5 nitrogen and oxygen atoms in total. The number of halogens is 1. The molecular weight excluding hydrogens is 460 g/mol. The molecule has 0 atom stereocenters. The Labute approximate surface area is 177 Å². The Morgan fingerprint density at radius 3 is 2.39 bits per heavy atom. The predicted octanol–water partition coefficient (Wildman–Crippen LogP) is 4.86. The van der Waals surface area contributed by atoms with E-state index in [0.717, 1.165) is 19.8 Å². The fourth-order valence-electron chi connectivity index (χ4n) is 2.57. The van der Waals surface area contributed by atoms with Crippen molar-refractivity contribution >= 4 is 48.9 Å². The fourth-order valence-corrected chi connectivity index (χ4v) is 5.11. The molecule has 0 spiro atoms. The molecule has 28 heavy (non-hydrogen) atoms. The Morgan fingerprint density at radius 2 is 1.75 bits per heavy atom. The van der Waals surface area contributed by atoms with Gasteiger partial charge in [0.15, 0.2) is 0 Å². The van der Waals surface area contributed by atoms with Crippen LogP contribution in [0.3, 0.4) is 0 Å². The summed E-state index contributed by atoms with van der Waals surface area (Å²) < 4.78 is 28.9. The normalized spacial score (nSPS) is 11.2. The number of hydrogen-bond acceptors (Lipinski definition) is 4. The average molecular weight is 479 g/mol. The highest BCUT2D eigenvalue weighted by Gasteiger charge is 2.16. The summed E-state index contributed by atoms with van der Waals surface area (Å²) in [5.74, 6) is -0.254. The Hall–Kier alpha value is -2.16. The Kier molecular flexibility index (Phi) is 6.22. The van der Waals surface area contributed by atoms with Gasteiger partial charge in [0, 0.05) is 10.4 Å². The Bertz CT molecular complexity index is 1110. The minimum Gasteiger partial charge on any atom is -0.347 e. The first-order valence-electron chi connectivity index (χ1n) is 8.48. The van der Waals surface area contributed by atoms with Crippen molar-refractivity contribution < 1.29 is 13.2 Å². The van der Waals surface area contributed by atoms with Gasteiger partial charge in [0.25, 0.3) is 15.9 Å². The molecule has 0 aliphatic heterocycles. The summed E-state index contributed by atoms with van der Waals surface area (Å²) in [6.45, 7) is 4.21. The van der Waals surface area contributed by atoms with E-state index < -0.39 is 10.0 Å². The number of carbonyl (C=O) groups is 1. The third-order valence-electron chi connectivity index (χ3n) is 4.33. The van der Waals surface area contributed by atoms with Gasteiger partial charge in [-0.3, -0.25) is 9.52 Å². The molecular formula is C20H19BrN2O3S2. The molecule has 1 amide bonds. The van der Waals surface area contributed by atoms with Crippen LogP contribution in [0.2, 0.25) is 0 Å². The molecule has 0 unspecified atom stereocenters. The zero-order valence-corrected chi connectivity index (χ0v) is 18.5. The lowest BCUT2D eigenvalue weighted by molar-refractivity contribution is 0.0951. The van der Waals surface area contributed by atoms with Crippen molar-refractivity contribution in [3.05, 3.63) is 80.0 Å². The van der Waals surface area contributed by atoms with Gasteiger partial charge in [0.2, 0.25) is 0 Å². The minimum atomic E-state index is -3.73. The summed E-state index contributed by atoms with van der Waals surface area (Å²) in [6, 6.07) is 15.2. The Balaban J connectivity index is 1.70. The maximum atomic E-state index is 12.6. The molecule has 8 heteroatoms. The molecule has 0 aliphatic rings. The summed E-state index contributed by atoms with van der Waals surface area (Å²) >= 11 is 4.93. The molecule has 3 aromatic rings. The second kappa shape index (κ2) is 8.46. The highest BCUT2D eigenvalue weighted by molar-refractivity contribution is 9.11. The molecule has 0 saturated carbocycles. The smallest absolute Gasteiger partial charge is 0.261 e. The van der Waals surface area contributed by atoms with Gasteiger partial charge in [0.05, 0.1) is 20.9 Å². The van der Waals surface area contributed by atoms with E-state index in [1.807, 2.05) is 32.0 Å². The molecule has 3 rings (SSSR count). The van der Waals surface area contributed by atoms with Crippen LogP contribution in [0.4, 0.5) is 5.69 Å². The highest BCUT2D eigenvalue weighted by atomic mass is 79.9. The quantitative estimate of drug-likeness (QED) is 0.531. The number of sulfonamides is 1. The van der Waals surface area contributed by atoms with E-state index in [1.54, 1.807) is 23.5 Å². The zero-order valence-electron chi connectivity index (χ0n) is 15.3. The second-order valence-electron chi connectivity index (χ2n) is 6.27. The van der Waals surface area contributed by atoms with E-state index in [9.17, 15) is 13.2 Å². The summed E-state index contributed by atoms with van der Waals surface area (Å²) in [4.78, 5) is 13.4. The first-order valence-corrected chi connectivity index (χ1v) is 11.6. The number of carbonyl (C=O) groups excluding carboxylic acids is 1. The van der Waals surface area contributed by atoms with Crippen molar-refractivity contribution in [1.82, 2.24) is 5.32 Å². The molecule has 1 aromatic heterocycles. The van der Waals surface area contributed by atoms with Gasteiger partial charge in [-0.1, -0.05) is 12.1 Å². The second-order valence-corrected chi connectivity index (χ2v) is 10.5. The number of rotatable bonds is 6. The molecule has 2 aromatic carbocycles. The molecule has 0 aliphatic carbocycles. The van der Waals surface area contributed by atoms with E-state index in [2.05, 4.69) is 26.0 Å². The molecule has 146 valence electrons. The van der Waals surface area contributed by atoms with Crippen molar-refractivity contribution in [3.63, 3.8) is 0 Å². The monoisotopic (exact) mass is 478 g/mol. The van der Waals surface area contributed by atoms with Crippen LogP contribution in [0.15, 0.2) is 63.3 Å². The van der Waals surface area contributed by atoms with Crippen molar-refractivity contribution in [2.75, 3.05) is 4.72 Å². The van der Waals surface area contributed by atoms with E-state index in [-0.39, 0.29) is 10.8 Å². The van der Waals surface area contributed by atoms with Crippen LogP contribution >= 0.6 is 27.3 Å².